The van der Waals surface area contributed by atoms with E-state index in [0.29, 0.717) is 0 Å². The minimum atomic E-state index is -1.61. The summed E-state index contributed by atoms with van der Waals surface area (Å²) >= 11 is 0. The molecule has 0 spiro atoms. The number of allylic oxidation sites excluding steroid dienone is 2. The van der Waals surface area contributed by atoms with Crippen molar-refractivity contribution in [3.05, 3.63) is 59.7 Å². The lowest BCUT2D eigenvalue weighted by atomic mass is 9.90. The molecule has 0 unspecified atom stereocenters. The monoisotopic (exact) mass is 300 g/mol. The summed E-state index contributed by atoms with van der Waals surface area (Å²) < 4.78 is 11.2. The van der Waals surface area contributed by atoms with Crippen molar-refractivity contribution in [2.45, 2.75) is 26.1 Å². The SMILES string of the molecule is CCOC1(OCC)C(=O)C=CC=C1C(=O)Cc1ccccc1. The number of rotatable bonds is 7. The third kappa shape index (κ3) is 3.24. The number of benzene rings is 1. The molecule has 0 aromatic heterocycles. The van der Waals surface area contributed by atoms with Gasteiger partial charge in [-0.2, -0.15) is 0 Å². The molecule has 0 amide bonds. The first-order chi connectivity index (χ1) is 10.6. The molecule has 0 saturated heterocycles. The van der Waals surface area contributed by atoms with E-state index in [2.05, 4.69) is 0 Å². The summed E-state index contributed by atoms with van der Waals surface area (Å²) in [5, 5.41) is 0. The predicted octanol–water partition coefficient (Wildman–Crippen LogP) is 2.63. The number of carbonyl (C=O) groups excluding carboxylic acids is 2. The number of carbonyl (C=O) groups is 2. The van der Waals surface area contributed by atoms with E-state index in [1.165, 1.54) is 6.08 Å². The Balaban J connectivity index is 2.32. The van der Waals surface area contributed by atoms with Crippen LogP contribution in [-0.4, -0.2) is 30.6 Å². The molecule has 22 heavy (non-hydrogen) atoms. The van der Waals surface area contributed by atoms with Gasteiger partial charge in [-0.05, 0) is 31.6 Å². The van der Waals surface area contributed by atoms with Gasteiger partial charge >= 0.3 is 0 Å². The van der Waals surface area contributed by atoms with Crippen LogP contribution < -0.4 is 0 Å². The molecule has 116 valence electrons. The van der Waals surface area contributed by atoms with Gasteiger partial charge in [0.05, 0.1) is 5.57 Å². The van der Waals surface area contributed by atoms with Gasteiger partial charge in [0.25, 0.3) is 5.79 Å². The fourth-order valence-corrected chi connectivity index (χ4v) is 2.48. The van der Waals surface area contributed by atoms with Crippen LogP contribution in [0.4, 0.5) is 0 Å². The molecule has 1 aromatic rings. The van der Waals surface area contributed by atoms with E-state index in [1.807, 2.05) is 30.3 Å². The highest BCUT2D eigenvalue weighted by Gasteiger charge is 2.46. The van der Waals surface area contributed by atoms with Crippen LogP contribution in [0.2, 0.25) is 0 Å². The molecule has 4 nitrogen and oxygen atoms in total. The third-order valence-corrected chi connectivity index (χ3v) is 3.39. The normalized spacial score (nSPS) is 16.5. The molecule has 0 fully saturated rings. The van der Waals surface area contributed by atoms with Crippen molar-refractivity contribution in [3.8, 4) is 0 Å². The maximum Gasteiger partial charge on any atom is 0.264 e. The summed E-state index contributed by atoms with van der Waals surface area (Å²) in [5.74, 6) is -2.13. The summed E-state index contributed by atoms with van der Waals surface area (Å²) in [6, 6.07) is 9.40. The van der Waals surface area contributed by atoms with Gasteiger partial charge in [0.1, 0.15) is 0 Å². The van der Waals surface area contributed by atoms with Crippen LogP contribution in [0.1, 0.15) is 19.4 Å². The molecule has 0 saturated carbocycles. The zero-order chi connectivity index (χ0) is 16.0. The van der Waals surface area contributed by atoms with Gasteiger partial charge in [-0.15, -0.1) is 0 Å². The van der Waals surface area contributed by atoms with Crippen molar-refractivity contribution >= 4 is 11.6 Å². The molecule has 0 radical (unpaired) electrons. The Labute approximate surface area is 130 Å². The van der Waals surface area contributed by atoms with Crippen LogP contribution in [0.25, 0.3) is 0 Å². The average Bonchev–Trinajstić information content (AvgIpc) is 2.51. The molecular weight excluding hydrogens is 280 g/mol. The second kappa shape index (κ2) is 7.29. The Morgan fingerprint density at radius 2 is 1.73 bits per heavy atom. The Bertz CT molecular complexity index is 593. The summed E-state index contributed by atoms with van der Waals surface area (Å²) in [5.41, 5.74) is 1.14. The van der Waals surface area contributed by atoms with Crippen molar-refractivity contribution in [1.82, 2.24) is 0 Å². The van der Waals surface area contributed by atoms with Crippen molar-refractivity contribution < 1.29 is 19.1 Å². The van der Waals surface area contributed by atoms with Gasteiger partial charge in [-0.1, -0.05) is 36.4 Å². The molecule has 1 aromatic carbocycles. The lowest BCUT2D eigenvalue weighted by Crippen LogP contribution is -2.49. The van der Waals surface area contributed by atoms with E-state index in [0.717, 1.165) is 5.56 Å². The van der Waals surface area contributed by atoms with E-state index in [4.69, 9.17) is 9.47 Å². The number of ketones is 2. The van der Waals surface area contributed by atoms with E-state index < -0.39 is 5.79 Å². The lowest BCUT2D eigenvalue weighted by molar-refractivity contribution is -0.204. The summed E-state index contributed by atoms with van der Waals surface area (Å²) in [4.78, 5) is 25.0. The molecule has 1 aliphatic carbocycles. The molecule has 0 N–H and O–H groups in total. The van der Waals surface area contributed by atoms with Gasteiger partial charge in [0, 0.05) is 19.6 Å². The molecule has 0 heterocycles. The molecule has 0 bridgehead atoms. The van der Waals surface area contributed by atoms with Crippen LogP contribution in [0.3, 0.4) is 0 Å². The zero-order valence-electron chi connectivity index (χ0n) is 12.9. The maximum atomic E-state index is 12.7. The van der Waals surface area contributed by atoms with E-state index in [1.54, 1.807) is 26.0 Å². The highest BCUT2D eigenvalue weighted by Crippen LogP contribution is 2.30. The summed E-state index contributed by atoms with van der Waals surface area (Å²) in [6.07, 6.45) is 4.76. The number of Topliss-reactive ketones (excluding diaryl/α,β-unsaturated/α-hetero) is 1. The predicted molar refractivity (Wildman–Crippen MR) is 83.4 cm³/mol. The Morgan fingerprint density at radius 3 is 2.32 bits per heavy atom. The standard InChI is InChI=1S/C18H20O4/c1-3-21-18(22-4-2)15(11-8-12-17(18)20)16(19)13-14-9-6-5-7-10-14/h5-12H,3-4,13H2,1-2H3. The van der Waals surface area contributed by atoms with Crippen LogP contribution in [0, 0.1) is 0 Å². The first-order valence-corrected chi connectivity index (χ1v) is 7.42. The van der Waals surface area contributed by atoms with Crippen LogP contribution in [0.5, 0.6) is 0 Å². The summed E-state index contributed by atoms with van der Waals surface area (Å²) in [7, 11) is 0. The largest absolute Gasteiger partial charge is 0.340 e. The first kappa shape index (κ1) is 16.3. The summed E-state index contributed by atoms with van der Waals surface area (Å²) in [6.45, 7) is 4.09. The second-order valence-corrected chi connectivity index (χ2v) is 4.87. The highest BCUT2D eigenvalue weighted by atomic mass is 16.7. The minimum Gasteiger partial charge on any atom is -0.340 e. The Kier molecular flexibility index (Phi) is 5.41. The van der Waals surface area contributed by atoms with Crippen molar-refractivity contribution in [2.75, 3.05) is 13.2 Å². The molecule has 4 heteroatoms. The van der Waals surface area contributed by atoms with E-state index >= 15 is 0 Å². The van der Waals surface area contributed by atoms with Crippen LogP contribution >= 0.6 is 0 Å². The van der Waals surface area contributed by atoms with Gasteiger partial charge in [-0.25, -0.2) is 0 Å². The number of hydrogen-bond acceptors (Lipinski definition) is 4. The quantitative estimate of drug-likeness (QED) is 0.726. The third-order valence-electron chi connectivity index (χ3n) is 3.39. The number of ether oxygens (including phenoxy) is 2. The fourth-order valence-electron chi connectivity index (χ4n) is 2.48. The molecular formula is C18H20O4. The lowest BCUT2D eigenvalue weighted by Gasteiger charge is -2.33. The van der Waals surface area contributed by atoms with Crippen molar-refractivity contribution in [3.63, 3.8) is 0 Å². The highest BCUT2D eigenvalue weighted by molar-refractivity contribution is 6.11. The zero-order valence-corrected chi connectivity index (χ0v) is 12.9. The molecule has 1 aliphatic rings. The topological polar surface area (TPSA) is 52.6 Å². The van der Waals surface area contributed by atoms with Crippen LogP contribution in [0.15, 0.2) is 54.1 Å². The van der Waals surface area contributed by atoms with Crippen LogP contribution in [-0.2, 0) is 25.5 Å². The van der Waals surface area contributed by atoms with Crippen molar-refractivity contribution in [1.29, 1.82) is 0 Å². The van der Waals surface area contributed by atoms with E-state index in [9.17, 15) is 9.59 Å². The molecule has 0 aliphatic heterocycles. The Hall–Kier alpha value is -2.04. The average molecular weight is 300 g/mol. The fraction of sp³-hybridized carbons (Fsp3) is 0.333. The minimum absolute atomic E-state index is 0.175. The Morgan fingerprint density at radius 1 is 1.09 bits per heavy atom. The van der Waals surface area contributed by atoms with Crippen molar-refractivity contribution in [2.24, 2.45) is 0 Å². The van der Waals surface area contributed by atoms with Gasteiger partial charge < -0.3 is 9.47 Å². The first-order valence-electron chi connectivity index (χ1n) is 7.42. The van der Waals surface area contributed by atoms with Gasteiger partial charge in [0.2, 0.25) is 5.78 Å². The van der Waals surface area contributed by atoms with Gasteiger partial charge in [0.15, 0.2) is 5.78 Å². The van der Waals surface area contributed by atoms with E-state index in [-0.39, 0.29) is 36.8 Å². The molecule has 2 rings (SSSR count). The van der Waals surface area contributed by atoms with Gasteiger partial charge in [-0.3, -0.25) is 9.59 Å². The smallest absolute Gasteiger partial charge is 0.264 e. The molecule has 0 atom stereocenters. The number of hydrogen-bond donors (Lipinski definition) is 0. The second-order valence-electron chi connectivity index (χ2n) is 4.87. The maximum absolute atomic E-state index is 12.7.